The maximum absolute atomic E-state index is 11.6. The van der Waals surface area contributed by atoms with Gasteiger partial charge < -0.3 is 9.92 Å². The Morgan fingerprint density at radius 2 is 1.79 bits per heavy atom. The summed E-state index contributed by atoms with van der Waals surface area (Å²) in [4.78, 5) is 10.4. The third-order valence-corrected chi connectivity index (χ3v) is 5.10. The quantitative estimate of drug-likeness (QED) is 0.704. The minimum atomic E-state index is -3.88. The SMILES string of the molecule is CC(C)(C)C1(S(=O)(=O)OC(N)=O)CC1. The molecule has 0 saturated heterocycles. The molecule has 1 fully saturated rings. The average Bonchev–Trinajstić information content (AvgIpc) is 2.56. The normalized spacial score (nSPS) is 20.2. The topological polar surface area (TPSA) is 86.5 Å². The summed E-state index contributed by atoms with van der Waals surface area (Å²) in [6, 6.07) is 0. The molecule has 6 heteroatoms. The van der Waals surface area contributed by atoms with Crippen LogP contribution in [0.3, 0.4) is 0 Å². The molecule has 0 aromatic carbocycles. The van der Waals surface area contributed by atoms with Crippen molar-refractivity contribution in [3.8, 4) is 0 Å². The van der Waals surface area contributed by atoms with Crippen LogP contribution < -0.4 is 5.73 Å². The molecule has 0 radical (unpaired) electrons. The second-order valence-electron chi connectivity index (χ2n) is 4.60. The largest absolute Gasteiger partial charge is 0.420 e. The van der Waals surface area contributed by atoms with Crippen LogP contribution in [0.15, 0.2) is 0 Å². The molecule has 0 heterocycles. The molecule has 1 aliphatic rings. The highest BCUT2D eigenvalue weighted by Crippen LogP contribution is 2.56. The van der Waals surface area contributed by atoms with Gasteiger partial charge in [0.05, 0.1) is 0 Å². The Morgan fingerprint density at radius 1 is 1.36 bits per heavy atom. The third kappa shape index (κ3) is 1.58. The predicted molar refractivity (Wildman–Crippen MR) is 51.0 cm³/mol. The minimum absolute atomic E-state index is 0.443. The van der Waals surface area contributed by atoms with E-state index in [4.69, 9.17) is 5.73 Å². The molecule has 0 bridgehead atoms. The van der Waals surface area contributed by atoms with E-state index in [9.17, 15) is 13.2 Å². The average molecular weight is 221 g/mol. The lowest BCUT2D eigenvalue weighted by Crippen LogP contribution is -2.39. The first kappa shape index (κ1) is 11.3. The maximum atomic E-state index is 11.6. The number of rotatable bonds is 2. The smallest absolute Gasteiger partial charge is 0.334 e. The van der Waals surface area contributed by atoms with Gasteiger partial charge in [0.2, 0.25) is 0 Å². The lowest BCUT2D eigenvalue weighted by molar-refractivity contribution is 0.209. The van der Waals surface area contributed by atoms with Gasteiger partial charge in [-0.15, -0.1) is 0 Å². The van der Waals surface area contributed by atoms with Crippen molar-refractivity contribution in [1.82, 2.24) is 0 Å². The highest BCUT2D eigenvalue weighted by Gasteiger charge is 2.63. The maximum Gasteiger partial charge on any atom is 0.420 e. The van der Waals surface area contributed by atoms with Crippen LogP contribution in [-0.2, 0) is 14.3 Å². The zero-order valence-electron chi connectivity index (χ0n) is 8.53. The molecule has 0 aromatic rings. The van der Waals surface area contributed by atoms with Gasteiger partial charge in [-0.05, 0) is 18.3 Å². The van der Waals surface area contributed by atoms with E-state index in [2.05, 4.69) is 4.18 Å². The summed E-state index contributed by atoms with van der Waals surface area (Å²) in [6.07, 6.45) is -0.223. The number of carbonyl (C=O) groups is 1. The Labute approximate surface area is 83.7 Å². The number of hydrogen-bond donors (Lipinski definition) is 1. The molecule has 5 nitrogen and oxygen atoms in total. The monoisotopic (exact) mass is 221 g/mol. The number of carbonyl (C=O) groups excluding carboxylic acids is 1. The third-order valence-electron chi connectivity index (χ3n) is 2.74. The van der Waals surface area contributed by atoms with Crippen molar-refractivity contribution in [1.29, 1.82) is 0 Å². The fourth-order valence-electron chi connectivity index (χ4n) is 1.68. The summed E-state index contributed by atoms with van der Waals surface area (Å²) in [7, 11) is -3.88. The molecule has 0 aromatic heterocycles. The highest BCUT2D eigenvalue weighted by molar-refractivity contribution is 7.88. The van der Waals surface area contributed by atoms with Gasteiger partial charge in [-0.25, -0.2) is 4.79 Å². The van der Waals surface area contributed by atoms with Gasteiger partial charge in [0, 0.05) is 0 Å². The van der Waals surface area contributed by atoms with E-state index in [1.807, 2.05) is 20.8 Å². The van der Waals surface area contributed by atoms with Crippen molar-refractivity contribution in [2.75, 3.05) is 0 Å². The number of amides is 1. The van der Waals surface area contributed by atoms with E-state index >= 15 is 0 Å². The molecule has 0 spiro atoms. The van der Waals surface area contributed by atoms with Crippen molar-refractivity contribution in [2.24, 2.45) is 11.1 Å². The Morgan fingerprint density at radius 3 is 2.00 bits per heavy atom. The van der Waals surface area contributed by atoms with Gasteiger partial charge in [-0.2, -0.15) is 8.42 Å². The van der Waals surface area contributed by atoms with E-state index < -0.39 is 26.4 Å². The first-order valence-electron chi connectivity index (χ1n) is 4.36. The molecule has 1 saturated carbocycles. The van der Waals surface area contributed by atoms with Crippen LogP contribution in [0.2, 0.25) is 0 Å². The van der Waals surface area contributed by atoms with E-state index in [1.54, 1.807) is 0 Å². The zero-order valence-corrected chi connectivity index (χ0v) is 9.35. The minimum Gasteiger partial charge on any atom is -0.334 e. The van der Waals surface area contributed by atoms with E-state index in [0.29, 0.717) is 12.8 Å². The second-order valence-corrected chi connectivity index (χ2v) is 6.46. The summed E-state index contributed by atoms with van der Waals surface area (Å²) >= 11 is 0. The zero-order chi connectivity index (χ0) is 11.2. The molecule has 2 N–H and O–H groups in total. The summed E-state index contributed by atoms with van der Waals surface area (Å²) in [6.45, 7) is 5.42. The second kappa shape index (κ2) is 2.85. The highest BCUT2D eigenvalue weighted by atomic mass is 32.2. The molecule has 82 valence electrons. The Balaban J connectivity index is 3.00. The number of nitrogens with two attached hydrogens (primary N) is 1. The van der Waals surface area contributed by atoms with E-state index in [1.165, 1.54) is 0 Å². The molecule has 0 aliphatic heterocycles. The van der Waals surface area contributed by atoms with Crippen LogP contribution in [0.5, 0.6) is 0 Å². The fourth-order valence-corrected chi connectivity index (χ4v) is 3.40. The van der Waals surface area contributed by atoms with Crippen LogP contribution in [0.4, 0.5) is 4.79 Å². The summed E-state index contributed by atoms with van der Waals surface area (Å²) in [5.74, 6) is 0. The van der Waals surface area contributed by atoms with Gasteiger partial charge in [0.1, 0.15) is 4.75 Å². The van der Waals surface area contributed by atoms with Crippen molar-refractivity contribution in [2.45, 2.75) is 38.4 Å². The Hall–Kier alpha value is -0.780. The number of hydrogen-bond acceptors (Lipinski definition) is 4. The molecule has 0 unspecified atom stereocenters. The standard InChI is InChI=1S/C8H15NO4S/c1-7(2,3)8(4-5-8)14(11,12)13-6(9)10/h4-5H2,1-3H3,(H2,9,10). The van der Waals surface area contributed by atoms with E-state index in [0.717, 1.165) is 0 Å². The molecule has 14 heavy (non-hydrogen) atoms. The lowest BCUT2D eigenvalue weighted by atomic mass is 9.90. The Kier molecular flexibility index (Phi) is 2.30. The lowest BCUT2D eigenvalue weighted by Gasteiger charge is -2.28. The summed E-state index contributed by atoms with van der Waals surface area (Å²) in [5.41, 5.74) is 4.26. The first-order chi connectivity index (χ1) is 6.12. The van der Waals surface area contributed by atoms with Crippen molar-refractivity contribution < 1.29 is 17.4 Å². The van der Waals surface area contributed by atoms with Crippen LogP contribution in [-0.4, -0.2) is 19.3 Å². The molecule has 0 atom stereocenters. The molecular formula is C8H15NO4S. The van der Waals surface area contributed by atoms with Gasteiger partial charge in [-0.1, -0.05) is 20.8 Å². The molecular weight excluding hydrogens is 206 g/mol. The van der Waals surface area contributed by atoms with Crippen LogP contribution >= 0.6 is 0 Å². The Bertz CT molecular complexity index is 348. The van der Waals surface area contributed by atoms with Gasteiger partial charge in [0.15, 0.2) is 0 Å². The van der Waals surface area contributed by atoms with E-state index in [-0.39, 0.29) is 0 Å². The van der Waals surface area contributed by atoms with Gasteiger partial charge >= 0.3 is 16.2 Å². The van der Waals surface area contributed by atoms with Crippen LogP contribution in [0, 0.1) is 5.41 Å². The van der Waals surface area contributed by atoms with Gasteiger partial charge in [0.25, 0.3) is 0 Å². The van der Waals surface area contributed by atoms with Crippen LogP contribution in [0.25, 0.3) is 0 Å². The van der Waals surface area contributed by atoms with Crippen LogP contribution in [0.1, 0.15) is 33.6 Å². The summed E-state index contributed by atoms with van der Waals surface area (Å²) < 4.78 is 26.6. The van der Waals surface area contributed by atoms with Crippen molar-refractivity contribution >= 4 is 16.2 Å². The van der Waals surface area contributed by atoms with Crippen molar-refractivity contribution in [3.63, 3.8) is 0 Å². The van der Waals surface area contributed by atoms with Crippen molar-refractivity contribution in [3.05, 3.63) is 0 Å². The molecule has 1 amide bonds. The fraction of sp³-hybridized carbons (Fsp3) is 0.875. The summed E-state index contributed by atoms with van der Waals surface area (Å²) in [5, 5.41) is 0. The number of primary amides is 1. The van der Waals surface area contributed by atoms with Gasteiger partial charge in [-0.3, -0.25) is 0 Å². The predicted octanol–water partition coefficient (Wildman–Crippen LogP) is 0.990. The first-order valence-corrected chi connectivity index (χ1v) is 5.77. The molecule has 1 aliphatic carbocycles. The molecule has 1 rings (SSSR count).